The molecular weight excluding hydrogens is 293 g/mol. The van der Waals surface area contributed by atoms with Crippen molar-refractivity contribution in [2.45, 2.75) is 30.0 Å². The van der Waals surface area contributed by atoms with E-state index < -0.39 is 5.82 Å². The number of nitrogens with two attached hydrogens (primary N) is 3. The van der Waals surface area contributed by atoms with Crippen LogP contribution in [-0.2, 0) is 0 Å². The van der Waals surface area contributed by atoms with Crippen LogP contribution in [0.5, 0.6) is 5.75 Å². The summed E-state index contributed by atoms with van der Waals surface area (Å²) in [5, 5.41) is 0.335. The molecule has 1 aromatic heterocycles. The maximum Gasteiger partial charge on any atom is 0.196 e. The van der Waals surface area contributed by atoms with Gasteiger partial charge in [0.25, 0.3) is 0 Å². The monoisotopic (exact) mass is 309 g/mol. The van der Waals surface area contributed by atoms with Crippen molar-refractivity contribution < 1.29 is 9.13 Å². The zero-order valence-corrected chi connectivity index (χ0v) is 12.4. The lowest BCUT2D eigenvalue weighted by molar-refractivity contribution is 0.230. The van der Waals surface area contributed by atoms with Crippen molar-refractivity contribution in [2.24, 2.45) is 0 Å². The maximum atomic E-state index is 13.8. The third-order valence-corrected chi connectivity index (χ3v) is 3.31. The van der Waals surface area contributed by atoms with Gasteiger partial charge in [-0.1, -0.05) is 0 Å². The van der Waals surface area contributed by atoms with Crippen LogP contribution in [0.15, 0.2) is 28.3 Å². The number of halogens is 1. The summed E-state index contributed by atoms with van der Waals surface area (Å²) < 4.78 is 19.2. The van der Waals surface area contributed by atoms with E-state index in [1.165, 1.54) is 18.2 Å². The Labute approximate surface area is 125 Å². The fourth-order valence-corrected chi connectivity index (χ4v) is 2.43. The molecule has 0 spiro atoms. The third-order valence-electron chi connectivity index (χ3n) is 2.37. The summed E-state index contributed by atoms with van der Waals surface area (Å²) in [7, 11) is 0. The number of hydrogen-bond donors (Lipinski definition) is 3. The topological polar surface area (TPSA) is 113 Å². The molecule has 0 bridgehead atoms. The molecule has 6 N–H and O–H groups in total. The van der Waals surface area contributed by atoms with E-state index in [4.69, 9.17) is 21.9 Å². The van der Waals surface area contributed by atoms with Gasteiger partial charge in [-0.15, -0.1) is 0 Å². The molecule has 0 aliphatic heterocycles. The molecule has 6 nitrogen and oxygen atoms in total. The van der Waals surface area contributed by atoms with Crippen LogP contribution in [0.1, 0.15) is 13.8 Å². The lowest BCUT2D eigenvalue weighted by Crippen LogP contribution is -2.07. The summed E-state index contributed by atoms with van der Waals surface area (Å²) in [5.74, 6) is 0.116. The molecule has 112 valence electrons. The first-order chi connectivity index (χ1) is 9.85. The van der Waals surface area contributed by atoms with E-state index in [2.05, 4.69) is 9.97 Å². The van der Waals surface area contributed by atoms with E-state index in [1.54, 1.807) is 0 Å². The predicted octanol–water partition coefficient (Wildman–Crippen LogP) is 2.30. The highest BCUT2D eigenvalue weighted by Gasteiger charge is 2.13. The standard InChI is InChI=1S/C13H16FN5OS/c1-6(2)20-9-4-10(8(15)3-7(9)14)21-13-18-11(16)5-12(17)19-13/h3-6H,15H2,1-2H3,(H4,16,17,18,19). The van der Waals surface area contributed by atoms with Crippen LogP contribution in [0, 0.1) is 5.82 Å². The van der Waals surface area contributed by atoms with Crippen molar-refractivity contribution in [2.75, 3.05) is 17.2 Å². The minimum Gasteiger partial charge on any atom is -0.488 e. The summed E-state index contributed by atoms with van der Waals surface area (Å²) in [5.41, 5.74) is 17.3. The first-order valence-electron chi connectivity index (χ1n) is 6.18. The lowest BCUT2D eigenvalue weighted by Gasteiger charge is -2.13. The van der Waals surface area contributed by atoms with Gasteiger partial charge in [0.2, 0.25) is 0 Å². The molecule has 2 aromatic rings. The van der Waals surface area contributed by atoms with Crippen molar-refractivity contribution in [3.63, 3.8) is 0 Å². The number of rotatable bonds is 4. The summed E-state index contributed by atoms with van der Waals surface area (Å²) in [6.45, 7) is 3.62. The molecule has 0 unspecified atom stereocenters. The van der Waals surface area contributed by atoms with Crippen molar-refractivity contribution in [3.8, 4) is 5.75 Å². The fourth-order valence-electron chi connectivity index (χ4n) is 1.59. The smallest absolute Gasteiger partial charge is 0.196 e. The molecular formula is C13H16FN5OS. The maximum absolute atomic E-state index is 13.8. The highest BCUT2D eigenvalue weighted by atomic mass is 32.2. The molecule has 1 heterocycles. The number of nitrogens with zero attached hydrogens (tertiary/aromatic N) is 2. The SMILES string of the molecule is CC(C)Oc1cc(Sc2nc(N)cc(N)n2)c(N)cc1F. The Bertz CT molecular complexity index is 645. The number of ether oxygens (including phenoxy) is 1. The lowest BCUT2D eigenvalue weighted by atomic mass is 10.3. The number of benzene rings is 1. The van der Waals surface area contributed by atoms with Crippen molar-refractivity contribution >= 4 is 29.1 Å². The largest absolute Gasteiger partial charge is 0.488 e. The molecule has 8 heteroatoms. The Hall–Kier alpha value is -2.22. The minimum atomic E-state index is -0.515. The minimum absolute atomic E-state index is 0.124. The summed E-state index contributed by atoms with van der Waals surface area (Å²) in [4.78, 5) is 8.65. The van der Waals surface area contributed by atoms with Gasteiger partial charge in [0.15, 0.2) is 16.7 Å². The molecule has 0 aliphatic carbocycles. The molecule has 2 rings (SSSR count). The van der Waals surface area contributed by atoms with Crippen LogP contribution in [0.2, 0.25) is 0 Å². The molecule has 0 saturated carbocycles. The summed E-state index contributed by atoms with van der Waals surface area (Å²) >= 11 is 1.14. The van der Waals surface area contributed by atoms with Gasteiger partial charge in [0, 0.05) is 22.7 Å². The van der Waals surface area contributed by atoms with E-state index in [1.807, 2.05) is 13.8 Å². The van der Waals surface area contributed by atoms with Gasteiger partial charge in [-0.2, -0.15) is 0 Å². The van der Waals surface area contributed by atoms with Gasteiger partial charge in [-0.05, 0) is 31.7 Å². The Morgan fingerprint density at radius 2 is 1.71 bits per heavy atom. The van der Waals surface area contributed by atoms with E-state index >= 15 is 0 Å². The van der Waals surface area contributed by atoms with Gasteiger partial charge in [0.1, 0.15) is 11.6 Å². The van der Waals surface area contributed by atoms with Crippen molar-refractivity contribution in [3.05, 3.63) is 24.0 Å². The molecule has 0 fully saturated rings. The van der Waals surface area contributed by atoms with Crippen LogP contribution in [0.25, 0.3) is 0 Å². The van der Waals surface area contributed by atoms with Gasteiger partial charge in [-0.3, -0.25) is 0 Å². The normalized spacial score (nSPS) is 10.9. The van der Waals surface area contributed by atoms with Gasteiger partial charge < -0.3 is 21.9 Å². The van der Waals surface area contributed by atoms with E-state index in [9.17, 15) is 4.39 Å². The van der Waals surface area contributed by atoms with Gasteiger partial charge in [-0.25, -0.2) is 14.4 Å². The Kier molecular flexibility index (Phi) is 4.37. The summed E-state index contributed by atoms with van der Waals surface area (Å²) in [6.07, 6.45) is -0.153. The Morgan fingerprint density at radius 1 is 1.10 bits per heavy atom. The Balaban J connectivity index is 2.34. The van der Waals surface area contributed by atoms with Crippen LogP contribution in [0.3, 0.4) is 0 Å². The number of anilines is 3. The molecule has 1 aromatic carbocycles. The molecule has 0 amide bonds. The average molecular weight is 309 g/mol. The third kappa shape index (κ3) is 3.88. The van der Waals surface area contributed by atoms with Crippen LogP contribution >= 0.6 is 11.8 Å². The number of nitrogen functional groups attached to an aromatic ring is 3. The zero-order chi connectivity index (χ0) is 15.6. The first-order valence-corrected chi connectivity index (χ1v) is 7.00. The van der Waals surface area contributed by atoms with Gasteiger partial charge in [0.05, 0.1) is 6.10 Å². The second-order valence-electron chi connectivity index (χ2n) is 4.59. The molecule has 0 atom stereocenters. The van der Waals surface area contributed by atoms with Crippen molar-refractivity contribution in [1.82, 2.24) is 9.97 Å². The highest BCUT2D eigenvalue weighted by molar-refractivity contribution is 7.99. The Morgan fingerprint density at radius 3 is 2.29 bits per heavy atom. The second-order valence-corrected chi connectivity index (χ2v) is 5.60. The second kappa shape index (κ2) is 6.04. The van der Waals surface area contributed by atoms with Crippen LogP contribution in [0.4, 0.5) is 21.7 Å². The van der Waals surface area contributed by atoms with E-state index in [0.717, 1.165) is 11.8 Å². The average Bonchev–Trinajstić information content (AvgIpc) is 2.33. The van der Waals surface area contributed by atoms with E-state index in [-0.39, 0.29) is 29.2 Å². The predicted molar refractivity (Wildman–Crippen MR) is 81.6 cm³/mol. The van der Waals surface area contributed by atoms with Crippen LogP contribution in [-0.4, -0.2) is 16.1 Å². The van der Waals surface area contributed by atoms with Crippen LogP contribution < -0.4 is 21.9 Å². The number of aromatic nitrogens is 2. The highest BCUT2D eigenvalue weighted by Crippen LogP contribution is 2.35. The number of hydrogen-bond acceptors (Lipinski definition) is 7. The molecule has 0 aliphatic rings. The van der Waals surface area contributed by atoms with E-state index in [0.29, 0.717) is 10.1 Å². The molecule has 0 radical (unpaired) electrons. The zero-order valence-electron chi connectivity index (χ0n) is 11.6. The summed E-state index contributed by atoms with van der Waals surface area (Å²) in [6, 6.07) is 4.17. The van der Waals surface area contributed by atoms with Gasteiger partial charge >= 0.3 is 0 Å². The molecule has 21 heavy (non-hydrogen) atoms. The quantitative estimate of drug-likeness (QED) is 0.586. The van der Waals surface area contributed by atoms with Crippen molar-refractivity contribution in [1.29, 1.82) is 0 Å². The first kappa shape index (κ1) is 15.2. The fraction of sp³-hybridized carbons (Fsp3) is 0.231. The molecule has 0 saturated heterocycles.